The smallest absolute Gasteiger partial charge is 0.337 e. The van der Waals surface area contributed by atoms with E-state index >= 15 is 0 Å². The van der Waals surface area contributed by atoms with Crippen molar-refractivity contribution in [3.63, 3.8) is 0 Å². The number of fused-ring (bicyclic) bond motifs is 3. The number of carbonyl (C=O) groups is 2. The van der Waals surface area contributed by atoms with E-state index in [-0.39, 0.29) is 37.1 Å². The van der Waals surface area contributed by atoms with Crippen LogP contribution in [0.4, 0.5) is 30.7 Å². The number of nitrogens with zero attached hydrogens (tertiary/aromatic N) is 2. The molecular formula is C28H27F7N2O2. The topological polar surface area (TPSA) is 40.6 Å². The van der Waals surface area contributed by atoms with Gasteiger partial charge in [0.1, 0.15) is 11.9 Å². The number of benzene rings is 2. The highest BCUT2D eigenvalue weighted by Crippen LogP contribution is 2.51. The van der Waals surface area contributed by atoms with Crippen LogP contribution in [0.2, 0.25) is 0 Å². The van der Waals surface area contributed by atoms with Gasteiger partial charge in [0.05, 0.1) is 6.42 Å². The molecule has 11 heteroatoms. The van der Waals surface area contributed by atoms with Gasteiger partial charge in [0.25, 0.3) is 5.91 Å². The molecule has 4 atom stereocenters. The standard InChI is InChI=1S/C28H27F7N2O2/c1-25(30,28(33,34)35)18-6-9-20-17(13-18)5-10-22-26(20,14-16-3-7-19(29)8-4-16)11-12-37(22)23(38)21-15-27(31,32)24(39)36(21)2/h3-4,6-9,13,21-22H,5,10-12,14-15H2,1-2H3/t21-,22+,25?,26+/m0/s1/i2D3. The first kappa shape index (κ1) is 23.7. The molecule has 0 radical (unpaired) electrons. The van der Waals surface area contributed by atoms with Crippen molar-refractivity contribution in [3.05, 3.63) is 70.5 Å². The molecule has 210 valence electrons. The van der Waals surface area contributed by atoms with E-state index in [2.05, 4.69) is 0 Å². The normalized spacial score (nSPS) is 29.2. The number of hydrogen-bond donors (Lipinski definition) is 0. The quantitative estimate of drug-likeness (QED) is 0.467. The lowest BCUT2D eigenvalue weighted by atomic mass is 9.63. The molecule has 0 saturated carbocycles. The summed E-state index contributed by atoms with van der Waals surface area (Å²) in [5.41, 5.74) is -3.60. The van der Waals surface area contributed by atoms with Crippen LogP contribution in [0.5, 0.6) is 0 Å². The van der Waals surface area contributed by atoms with E-state index in [1.54, 1.807) is 0 Å². The van der Waals surface area contributed by atoms with Crippen LogP contribution < -0.4 is 0 Å². The molecule has 39 heavy (non-hydrogen) atoms. The van der Waals surface area contributed by atoms with Crippen LogP contribution in [0.25, 0.3) is 0 Å². The van der Waals surface area contributed by atoms with Crippen molar-refractivity contribution in [1.82, 2.24) is 9.80 Å². The molecule has 2 aliphatic heterocycles. The third-order valence-electron chi connectivity index (χ3n) is 8.51. The van der Waals surface area contributed by atoms with Crippen molar-refractivity contribution >= 4 is 11.8 Å². The van der Waals surface area contributed by atoms with Gasteiger partial charge in [-0.3, -0.25) is 9.59 Å². The van der Waals surface area contributed by atoms with Crippen LogP contribution >= 0.6 is 0 Å². The zero-order valence-corrected chi connectivity index (χ0v) is 20.8. The molecule has 1 aliphatic carbocycles. The number of likely N-dealkylation sites (N-methyl/N-ethyl adjacent to an activating group) is 1. The molecule has 2 aromatic carbocycles. The van der Waals surface area contributed by atoms with Crippen LogP contribution in [-0.2, 0) is 33.5 Å². The summed E-state index contributed by atoms with van der Waals surface area (Å²) in [5.74, 6) is -7.47. The lowest BCUT2D eigenvalue weighted by molar-refractivity contribution is -0.228. The maximum absolute atomic E-state index is 14.9. The second-order valence-corrected chi connectivity index (χ2v) is 10.8. The molecule has 0 N–H and O–H groups in total. The molecule has 2 fully saturated rings. The fourth-order valence-electron chi connectivity index (χ4n) is 6.38. The Morgan fingerprint density at radius 2 is 1.82 bits per heavy atom. The van der Waals surface area contributed by atoms with Gasteiger partial charge in [0.2, 0.25) is 11.6 Å². The van der Waals surface area contributed by atoms with Gasteiger partial charge in [0, 0.05) is 29.1 Å². The van der Waals surface area contributed by atoms with Crippen molar-refractivity contribution < 1.29 is 44.4 Å². The second-order valence-electron chi connectivity index (χ2n) is 10.8. The molecule has 0 aromatic heterocycles. The number of likely N-dealkylation sites (tertiary alicyclic amines) is 2. The SMILES string of the molecule is [2H]C([2H])([2H])N1C(=O)C(F)(F)C[C@H]1C(=O)N1CC[C@@]2(Cc3ccc(F)cc3)c3ccc(C(C)(F)C(F)(F)F)cc3CC[C@@H]12. The van der Waals surface area contributed by atoms with E-state index in [1.165, 1.54) is 35.2 Å². The molecule has 0 spiro atoms. The zero-order valence-electron chi connectivity index (χ0n) is 23.8. The summed E-state index contributed by atoms with van der Waals surface area (Å²) in [6.45, 7) is -2.88. The minimum atomic E-state index is -5.17. The lowest BCUT2D eigenvalue weighted by Crippen LogP contribution is -2.53. The Morgan fingerprint density at radius 1 is 1.13 bits per heavy atom. The summed E-state index contributed by atoms with van der Waals surface area (Å²) in [7, 11) is 0. The van der Waals surface area contributed by atoms with E-state index in [0.717, 1.165) is 12.1 Å². The minimum absolute atomic E-state index is 0.0135. The van der Waals surface area contributed by atoms with Crippen LogP contribution in [0.3, 0.4) is 0 Å². The van der Waals surface area contributed by atoms with Crippen LogP contribution in [0.1, 0.15) is 52.6 Å². The average molecular weight is 560 g/mol. The Labute approximate surface area is 225 Å². The number of hydrogen-bond acceptors (Lipinski definition) is 2. The van der Waals surface area contributed by atoms with Crippen molar-refractivity contribution in [2.45, 2.75) is 74.3 Å². The number of aryl methyl sites for hydroxylation is 1. The molecule has 1 unspecified atom stereocenters. The van der Waals surface area contributed by atoms with Crippen LogP contribution in [0.15, 0.2) is 42.5 Å². The van der Waals surface area contributed by atoms with Crippen molar-refractivity contribution in [3.8, 4) is 0 Å². The first-order chi connectivity index (χ1) is 19.3. The van der Waals surface area contributed by atoms with E-state index in [0.29, 0.717) is 23.6 Å². The van der Waals surface area contributed by atoms with Gasteiger partial charge < -0.3 is 9.80 Å². The maximum Gasteiger partial charge on any atom is 0.426 e. The molecule has 0 bridgehead atoms. The van der Waals surface area contributed by atoms with Crippen LogP contribution in [0, 0.1) is 5.82 Å². The van der Waals surface area contributed by atoms with Gasteiger partial charge in [0.15, 0.2) is 0 Å². The van der Waals surface area contributed by atoms with Gasteiger partial charge in [-0.2, -0.15) is 22.0 Å². The molecule has 3 aliphatic rings. The van der Waals surface area contributed by atoms with E-state index in [4.69, 9.17) is 4.11 Å². The molecule has 2 aromatic rings. The summed E-state index contributed by atoms with van der Waals surface area (Å²) in [6, 6.07) is 6.42. The second kappa shape index (κ2) is 8.96. The number of halogens is 7. The average Bonchev–Trinajstić information content (AvgIpc) is 3.38. The predicted molar refractivity (Wildman–Crippen MR) is 127 cm³/mol. The fraction of sp³-hybridized carbons (Fsp3) is 0.500. The number of amides is 2. The maximum atomic E-state index is 14.9. The van der Waals surface area contributed by atoms with Gasteiger partial charge >= 0.3 is 12.1 Å². The van der Waals surface area contributed by atoms with E-state index < -0.39 is 71.9 Å². The zero-order chi connectivity index (χ0) is 31.0. The monoisotopic (exact) mass is 559 g/mol. The molecule has 5 rings (SSSR count). The van der Waals surface area contributed by atoms with Gasteiger partial charge in [-0.05, 0) is 67.0 Å². The summed E-state index contributed by atoms with van der Waals surface area (Å²) < 4.78 is 121. The number of carbonyl (C=O) groups excluding carboxylic acids is 2. The molecular weight excluding hydrogens is 529 g/mol. The Morgan fingerprint density at radius 3 is 2.46 bits per heavy atom. The molecule has 4 nitrogen and oxygen atoms in total. The highest BCUT2D eigenvalue weighted by Gasteiger charge is 2.59. The third-order valence-corrected chi connectivity index (χ3v) is 8.51. The van der Waals surface area contributed by atoms with Crippen molar-refractivity contribution in [1.29, 1.82) is 0 Å². The predicted octanol–water partition coefficient (Wildman–Crippen LogP) is 5.47. The Kier molecular flexibility index (Phi) is 5.45. The largest absolute Gasteiger partial charge is 0.426 e. The third kappa shape index (κ3) is 4.28. The Balaban J connectivity index is 1.57. The summed E-state index contributed by atoms with van der Waals surface area (Å²) in [5, 5.41) is 0. The Hall–Kier alpha value is -3.11. The molecule has 2 saturated heterocycles. The Bertz CT molecular complexity index is 1410. The number of alkyl halides is 6. The van der Waals surface area contributed by atoms with Gasteiger partial charge in [-0.1, -0.05) is 30.3 Å². The van der Waals surface area contributed by atoms with Crippen LogP contribution in [-0.4, -0.2) is 59.3 Å². The van der Waals surface area contributed by atoms with E-state index in [1.807, 2.05) is 0 Å². The first-order valence-electron chi connectivity index (χ1n) is 14.0. The summed E-state index contributed by atoms with van der Waals surface area (Å²) in [4.78, 5) is 27.3. The van der Waals surface area contributed by atoms with Crippen molar-refractivity contribution in [2.24, 2.45) is 0 Å². The van der Waals surface area contributed by atoms with Crippen molar-refractivity contribution in [2.75, 3.05) is 13.5 Å². The molecule has 2 heterocycles. The van der Waals surface area contributed by atoms with Gasteiger partial charge in [-0.15, -0.1) is 0 Å². The van der Waals surface area contributed by atoms with Gasteiger partial charge in [-0.25, -0.2) is 8.78 Å². The summed E-state index contributed by atoms with van der Waals surface area (Å²) >= 11 is 0. The summed E-state index contributed by atoms with van der Waals surface area (Å²) in [6.07, 6.45) is -5.80. The number of rotatable bonds is 4. The minimum Gasteiger partial charge on any atom is -0.337 e. The highest BCUT2D eigenvalue weighted by atomic mass is 19.4. The molecule has 2 amide bonds. The highest BCUT2D eigenvalue weighted by molar-refractivity contribution is 5.95. The van der Waals surface area contributed by atoms with E-state index in [9.17, 15) is 40.3 Å². The first-order valence-corrected chi connectivity index (χ1v) is 12.5. The lowest BCUT2D eigenvalue weighted by Gasteiger charge is -2.44. The fourth-order valence-corrected chi connectivity index (χ4v) is 6.38.